The van der Waals surface area contributed by atoms with Gasteiger partial charge in [-0.15, -0.1) is 0 Å². The highest BCUT2D eigenvalue weighted by molar-refractivity contribution is 4.74. The van der Waals surface area contributed by atoms with E-state index in [-0.39, 0.29) is 0 Å². The van der Waals surface area contributed by atoms with Crippen molar-refractivity contribution in [2.75, 3.05) is 33.4 Å². The molecular formula is C14H32N2O. The van der Waals surface area contributed by atoms with E-state index in [2.05, 4.69) is 37.9 Å². The van der Waals surface area contributed by atoms with Crippen LogP contribution in [0.2, 0.25) is 0 Å². The Kier molecular flexibility index (Phi) is 10.9. The molecular weight excluding hydrogens is 212 g/mol. The first-order valence-electron chi connectivity index (χ1n) is 7.12. The molecule has 0 spiro atoms. The smallest absolute Gasteiger partial charge is 0.0589 e. The molecule has 0 aromatic rings. The van der Waals surface area contributed by atoms with Gasteiger partial charge >= 0.3 is 0 Å². The maximum atomic E-state index is 5.18. The number of rotatable bonds is 11. The van der Waals surface area contributed by atoms with Crippen LogP contribution in [0, 0.1) is 0 Å². The fourth-order valence-corrected chi connectivity index (χ4v) is 2.01. The molecule has 0 rings (SSSR count). The van der Waals surface area contributed by atoms with Gasteiger partial charge in [-0.05, 0) is 33.2 Å². The number of hydrogen-bond acceptors (Lipinski definition) is 3. The fourth-order valence-electron chi connectivity index (χ4n) is 2.01. The molecule has 3 heteroatoms. The van der Waals surface area contributed by atoms with E-state index in [1.807, 2.05) is 0 Å². The van der Waals surface area contributed by atoms with Crippen molar-refractivity contribution in [2.45, 2.75) is 59.0 Å². The number of nitrogens with zero attached hydrogens (tertiary/aromatic N) is 1. The summed E-state index contributed by atoms with van der Waals surface area (Å²) in [6, 6.07) is 1.21. The van der Waals surface area contributed by atoms with Crippen molar-refractivity contribution in [3.8, 4) is 0 Å². The molecule has 0 saturated heterocycles. The number of nitrogens with one attached hydrogen (secondary N) is 1. The van der Waals surface area contributed by atoms with E-state index in [0.717, 1.165) is 26.2 Å². The Hall–Kier alpha value is -0.120. The molecule has 0 bridgehead atoms. The van der Waals surface area contributed by atoms with Gasteiger partial charge in [-0.25, -0.2) is 0 Å². The first-order valence-corrected chi connectivity index (χ1v) is 7.12. The zero-order chi connectivity index (χ0) is 13.1. The fraction of sp³-hybridized carbons (Fsp3) is 1.00. The normalized spacial score (nSPS) is 13.6. The molecule has 0 heterocycles. The van der Waals surface area contributed by atoms with Gasteiger partial charge in [0.2, 0.25) is 0 Å². The second-order valence-electron chi connectivity index (χ2n) is 5.02. The zero-order valence-corrected chi connectivity index (χ0v) is 12.5. The second kappa shape index (κ2) is 11.0. The van der Waals surface area contributed by atoms with Gasteiger partial charge in [0.1, 0.15) is 0 Å². The van der Waals surface area contributed by atoms with E-state index in [4.69, 9.17) is 4.74 Å². The number of methoxy groups -OCH3 is 1. The summed E-state index contributed by atoms with van der Waals surface area (Å²) >= 11 is 0. The van der Waals surface area contributed by atoms with Gasteiger partial charge in [-0.3, -0.25) is 4.90 Å². The number of hydrogen-bond donors (Lipinski definition) is 1. The Bertz CT molecular complexity index is 162. The Morgan fingerprint density at radius 3 is 2.35 bits per heavy atom. The molecule has 1 atom stereocenters. The summed E-state index contributed by atoms with van der Waals surface area (Å²) in [7, 11) is 1.78. The third kappa shape index (κ3) is 8.58. The minimum Gasteiger partial charge on any atom is -0.383 e. The van der Waals surface area contributed by atoms with Crippen LogP contribution in [0.25, 0.3) is 0 Å². The molecule has 17 heavy (non-hydrogen) atoms. The quantitative estimate of drug-likeness (QED) is 0.604. The molecule has 0 fully saturated rings. The Morgan fingerprint density at radius 1 is 1.18 bits per heavy atom. The monoisotopic (exact) mass is 244 g/mol. The van der Waals surface area contributed by atoms with Crippen molar-refractivity contribution < 1.29 is 4.74 Å². The summed E-state index contributed by atoms with van der Waals surface area (Å²) in [6.07, 6.45) is 3.72. The maximum absolute atomic E-state index is 5.18. The summed E-state index contributed by atoms with van der Waals surface area (Å²) in [5.41, 5.74) is 0. The summed E-state index contributed by atoms with van der Waals surface area (Å²) < 4.78 is 5.18. The molecule has 0 amide bonds. The predicted octanol–water partition coefficient (Wildman–Crippen LogP) is 2.51. The lowest BCUT2D eigenvalue weighted by Gasteiger charge is -2.31. The topological polar surface area (TPSA) is 24.5 Å². The van der Waals surface area contributed by atoms with E-state index in [1.54, 1.807) is 7.11 Å². The van der Waals surface area contributed by atoms with Crippen molar-refractivity contribution in [3.63, 3.8) is 0 Å². The van der Waals surface area contributed by atoms with Crippen LogP contribution in [0.4, 0.5) is 0 Å². The molecule has 0 aliphatic carbocycles. The van der Waals surface area contributed by atoms with Crippen molar-refractivity contribution in [1.82, 2.24) is 10.2 Å². The third-order valence-electron chi connectivity index (χ3n) is 3.09. The second-order valence-corrected chi connectivity index (χ2v) is 5.02. The lowest BCUT2D eigenvalue weighted by atomic mass is 10.1. The molecule has 0 saturated carbocycles. The van der Waals surface area contributed by atoms with Crippen LogP contribution in [-0.4, -0.2) is 50.3 Å². The highest BCUT2D eigenvalue weighted by atomic mass is 16.5. The van der Waals surface area contributed by atoms with Gasteiger partial charge in [0.05, 0.1) is 6.61 Å². The van der Waals surface area contributed by atoms with Crippen molar-refractivity contribution in [3.05, 3.63) is 0 Å². The van der Waals surface area contributed by atoms with Crippen LogP contribution in [0.15, 0.2) is 0 Å². The minimum absolute atomic E-state index is 0.591. The van der Waals surface area contributed by atoms with Gasteiger partial charge in [-0.1, -0.05) is 20.3 Å². The van der Waals surface area contributed by atoms with E-state index >= 15 is 0 Å². The Morgan fingerprint density at radius 2 is 1.88 bits per heavy atom. The number of ether oxygens (including phenoxy) is 1. The molecule has 1 unspecified atom stereocenters. The molecule has 0 aromatic carbocycles. The first kappa shape index (κ1) is 16.9. The van der Waals surface area contributed by atoms with Crippen LogP contribution in [0.5, 0.6) is 0 Å². The van der Waals surface area contributed by atoms with Gasteiger partial charge in [0, 0.05) is 32.3 Å². The molecule has 0 aromatic heterocycles. The van der Waals surface area contributed by atoms with Crippen LogP contribution >= 0.6 is 0 Å². The van der Waals surface area contributed by atoms with Gasteiger partial charge in [0.15, 0.2) is 0 Å². The Labute approximate surface area is 108 Å². The molecule has 0 aliphatic rings. The van der Waals surface area contributed by atoms with E-state index in [9.17, 15) is 0 Å². The zero-order valence-electron chi connectivity index (χ0n) is 12.5. The molecule has 104 valence electrons. The van der Waals surface area contributed by atoms with E-state index < -0.39 is 0 Å². The third-order valence-corrected chi connectivity index (χ3v) is 3.09. The molecule has 3 nitrogen and oxygen atoms in total. The van der Waals surface area contributed by atoms with Crippen LogP contribution < -0.4 is 5.32 Å². The van der Waals surface area contributed by atoms with Crippen molar-refractivity contribution in [2.24, 2.45) is 0 Å². The summed E-state index contributed by atoms with van der Waals surface area (Å²) in [5, 5.41) is 3.65. The van der Waals surface area contributed by atoms with Crippen LogP contribution in [0.3, 0.4) is 0 Å². The molecule has 0 aliphatic heterocycles. The minimum atomic E-state index is 0.591. The highest BCUT2D eigenvalue weighted by Gasteiger charge is 2.15. The lowest BCUT2D eigenvalue weighted by molar-refractivity contribution is 0.120. The SMILES string of the molecule is CCCNC(CCC)CN(CCOC)C(C)C. The lowest BCUT2D eigenvalue weighted by Crippen LogP contribution is -2.45. The predicted molar refractivity (Wildman–Crippen MR) is 75.6 cm³/mol. The Balaban J connectivity index is 4.13. The average molecular weight is 244 g/mol. The van der Waals surface area contributed by atoms with Gasteiger partial charge in [0.25, 0.3) is 0 Å². The van der Waals surface area contributed by atoms with E-state index in [0.29, 0.717) is 12.1 Å². The molecule has 1 N–H and O–H groups in total. The largest absolute Gasteiger partial charge is 0.383 e. The van der Waals surface area contributed by atoms with Gasteiger partial charge < -0.3 is 10.1 Å². The van der Waals surface area contributed by atoms with E-state index in [1.165, 1.54) is 19.3 Å². The van der Waals surface area contributed by atoms with Crippen molar-refractivity contribution in [1.29, 1.82) is 0 Å². The van der Waals surface area contributed by atoms with Gasteiger partial charge in [-0.2, -0.15) is 0 Å². The maximum Gasteiger partial charge on any atom is 0.0589 e. The summed E-state index contributed by atoms with van der Waals surface area (Å²) in [6.45, 7) is 13.1. The first-order chi connectivity index (χ1) is 8.15. The summed E-state index contributed by atoms with van der Waals surface area (Å²) in [5.74, 6) is 0. The van der Waals surface area contributed by atoms with Crippen molar-refractivity contribution >= 4 is 0 Å². The summed E-state index contributed by atoms with van der Waals surface area (Å²) in [4.78, 5) is 2.51. The molecule has 0 radical (unpaired) electrons. The average Bonchev–Trinajstić information content (AvgIpc) is 2.30. The van der Waals surface area contributed by atoms with Crippen LogP contribution in [-0.2, 0) is 4.74 Å². The standard InChI is InChI=1S/C14H32N2O/c1-6-8-14(15-9-7-2)12-16(13(3)4)10-11-17-5/h13-15H,6-12H2,1-5H3. The highest BCUT2D eigenvalue weighted by Crippen LogP contribution is 2.04. The van der Waals surface area contributed by atoms with Crippen LogP contribution in [0.1, 0.15) is 47.0 Å².